The van der Waals surface area contributed by atoms with Gasteiger partial charge in [-0.05, 0) is 31.7 Å². The Kier molecular flexibility index (Phi) is 6.26. The molecule has 0 spiro atoms. The van der Waals surface area contributed by atoms with Crippen molar-refractivity contribution in [1.29, 1.82) is 0 Å². The van der Waals surface area contributed by atoms with Gasteiger partial charge in [-0.15, -0.1) is 0 Å². The minimum Gasteiger partial charge on any atom is -0.467 e. The van der Waals surface area contributed by atoms with E-state index >= 15 is 0 Å². The number of carbonyl (C=O) groups is 1. The molecule has 0 radical (unpaired) electrons. The minimum absolute atomic E-state index is 0.0582. The second-order valence-corrected chi connectivity index (χ2v) is 8.91. The normalized spacial score (nSPS) is 20.8. The van der Waals surface area contributed by atoms with Gasteiger partial charge < -0.3 is 14.2 Å². The molecule has 1 aliphatic heterocycles. The molecular weight excluding hydrogens is 358 g/mol. The molecule has 0 bridgehead atoms. The zero-order valence-electron chi connectivity index (χ0n) is 14.9. The summed E-state index contributed by atoms with van der Waals surface area (Å²) in [5.41, 5.74) is 0.494. The van der Waals surface area contributed by atoms with Gasteiger partial charge in [-0.25, -0.2) is 18.2 Å². The number of pyridine rings is 1. The van der Waals surface area contributed by atoms with Crippen LogP contribution in [0.25, 0.3) is 0 Å². The second kappa shape index (κ2) is 8.45. The molecule has 2 aliphatic rings. The Bertz CT molecular complexity index is 706. The standard InChI is InChI=1S/C18H25NO6S/c1-23-18(20)17(25-14-8-10-24-11-9-14)13-6-7-16(19-12-13)26(21,22)15-4-2-3-5-15/h6-7,12,14-15,17H,2-5,8-11H2,1H3. The van der Waals surface area contributed by atoms with Crippen LogP contribution in [0.3, 0.4) is 0 Å². The van der Waals surface area contributed by atoms with E-state index in [1.165, 1.54) is 19.4 Å². The fourth-order valence-electron chi connectivity index (χ4n) is 3.47. The van der Waals surface area contributed by atoms with Crippen LogP contribution >= 0.6 is 0 Å². The topological polar surface area (TPSA) is 91.8 Å². The van der Waals surface area contributed by atoms with E-state index in [2.05, 4.69) is 4.98 Å². The van der Waals surface area contributed by atoms with Crippen molar-refractivity contribution in [3.63, 3.8) is 0 Å². The van der Waals surface area contributed by atoms with Crippen molar-refractivity contribution in [3.05, 3.63) is 23.9 Å². The first-order valence-electron chi connectivity index (χ1n) is 9.03. The number of sulfone groups is 1. The molecule has 3 rings (SSSR count). The average Bonchev–Trinajstić information content (AvgIpc) is 3.22. The van der Waals surface area contributed by atoms with E-state index in [0.29, 0.717) is 44.5 Å². The Morgan fingerprint density at radius 2 is 1.88 bits per heavy atom. The van der Waals surface area contributed by atoms with E-state index in [4.69, 9.17) is 14.2 Å². The second-order valence-electron chi connectivity index (χ2n) is 6.73. The highest BCUT2D eigenvalue weighted by Gasteiger charge is 2.32. The summed E-state index contributed by atoms with van der Waals surface area (Å²) in [5.74, 6) is -0.523. The molecule has 1 saturated heterocycles. The summed E-state index contributed by atoms with van der Waals surface area (Å²) in [6.07, 6.45) is 5.03. The number of nitrogens with zero attached hydrogens (tertiary/aromatic N) is 1. The van der Waals surface area contributed by atoms with E-state index in [1.807, 2.05) is 0 Å². The highest BCUT2D eigenvalue weighted by Crippen LogP contribution is 2.30. The molecule has 1 aromatic heterocycles. The Hall–Kier alpha value is -1.51. The Labute approximate surface area is 154 Å². The molecule has 8 heteroatoms. The Morgan fingerprint density at radius 3 is 2.46 bits per heavy atom. The van der Waals surface area contributed by atoms with E-state index in [-0.39, 0.29) is 16.4 Å². The zero-order chi connectivity index (χ0) is 18.6. The molecule has 0 amide bonds. The van der Waals surface area contributed by atoms with Gasteiger partial charge in [0.15, 0.2) is 21.0 Å². The van der Waals surface area contributed by atoms with Crippen LogP contribution < -0.4 is 0 Å². The minimum atomic E-state index is -3.42. The quantitative estimate of drug-likeness (QED) is 0.695. The van der Waals surface area contributed by atoms with Crippen LogP contribution in [-0.2, 0) is 28.8 Å². The molecule has 0 aromatic carbocycles. The summed E-state index contributed by atoms with van der Waals surface area (Å²) >= 11 is 0. The summed E-state index contributed by atoms with van der Waals surface area (Å²) in [5, 5.41) is -0.293. The lowest BCUT2D eigenvalue weighted by Crippen LogP contribution is -2.29. The Balaban J connectivity index is 1.77. The number of methoxy groups -OCH3 is 1. The van der Waals surface area contributed by atoms with Gasteiger partial charge >= 0.3 is 5.97 Å². The number of hydrogen-bond donors (Lipinski definition) is 0. The van der Waals surface area contributed by atoms with Crippen molar-refractivity contribution in [2.45, 2.75) is 61.0 Å². The van der Waals surface area contributed by atoms with Gasteiger partial charge in [-0.3, -0.25) is 0 Å². The molecule has 1 aromatic rings. The molecule has 26 heavy (non-hydrogen) atoms. The first-order chi connectivity index (χ1) is 12.5. The number of carbonyl (C=O) groups excluding carboxylic acids is 1. The van der Waals surface area contributed by atoms with Gasteiger partial charge in [0.1, 0.15) is 0 Å². The third kappa shape index (κ3) is 4.24. The monoisotopic (exact) mass is 383 g/mol. The van der Waals surface area contributed by atoms with Gasteiger partial charge in [0.25, 0.3) is 0 Å². The molecular formula is C18H25NO6S. The number of aromatic nitrogens is 1. The maximum absolute atomic E-state index is 12.6. The number of ether oxygens (including phenoxy) is 3. The van der Waals surface area contributed by atoms with Crippen molar-refractivity contribution in [2.75, 3.05) is 20.3 Å². The molecule has 1 atom stereocenters. The predicted molar refractivity (Wildman–Crippen MR) is 93.4 cm³/mol. The van der Waals surface area contributed by atoms with Crippen LogP contribution in [0, 0.1) is 0 Å². The fourth-order valence-corrected chi connectivity index (χ4v) is 5.22. The third-order valence-corrected chi connectivity index (χ3v) is 7.18. The molecule has 1 unspecified atom stereocenters. The van der Waals surface area contributed by atoms with E-state index in [1.54, 1.807) is 6.07 Å². The molecule has 1 saturated carbocycles. The molecule has 7 nitrogen and oxygen atoms in total. The van der Waals surface area contributed by atoms with Gasteiger partial charge in [0.2, 0.25) is 0 Å². The summed E-state index contributed by atoms with van der Waals surface area (Å²) < 4.78 is 41.3. The van der Waals surface area contributed by atoms with Crippen molar-refractivity contribution in [2.24, 2.45) is 0 Å². The maximum Gasteiger partial charge on any atom is 0.339 e. The average molecular weight is 383 g/mol. The van der Waals surface area contributed by atoms with E-state index in [9.17, 15) is 13.2 Å². The fraction of sp³-hybridized carbons (Fsp3) is 0.667. The van der Waals surface area contributed by atoms with Crippen LogP contribution in [0.1, 0.15) is 50.2 Å². The smallest absolute Gasteiger partial charge is 0.339 e. The number of hydrogen-bond acceptors (Lipinski definition) is 7. The lowest BCUT2D eigenvalue weighted by Gasteiger charge is -2.26. The van der Waals surface area contributed by atoms with Crippen LogP contribution in [0.2, 0.25) is 0 Å². The third-order valence-electron chi connectivity index (χ3n) is 5.01. The van der Waals surface area contributed by atoms with Crippen LogP contribution in [0.4, 0.5) is 0 Å². The van der Waals surface area contributed by atoms with Crippen molar-refractivity contribution in [1.82, 2.24) is 4.98 Å². The van der Waals surface area contributed by atoms with Crippen LogP contribution in [0.15, 0.2) is 23.4 Å². The van der Waals surface area contributed by atoms with E-state index in [0.717, 1.165) is 12.8 Å². The molecule has 2 heterocycles. The molecule has 0 N–H and O–H groups in total. The van der Waals surface area contributed by atoms with Gasteiger partial charge in [-0.1, -0.05) is 18.9 Å². The first kappa shape index (κ1) is 19.3. The lowest BCUT2D eigenvalue weighted by molar-refractivity contribution is -0.162. The molecule has 144 valence electrons. The summed E-state index contributed by atoms with van der Waals surface area (Å²) in [6.45, 7) is 1.19. The number of esters is 1. The van der Waals surface area contributed by atoms with E-state index < -0.39 is 21.9 Å². The summed E-state index contributed by atoms with van der Waals surface area (Å²) in [4.78, 5) is 16.3. The largest absolute Gasteiger partial charge is 0.467 e. The zero-order valence-corrected chi connectivity index (χ0v) is 15.7. The SMILES string of the molecule is COC(=O)C(OC1CCOCC1)c1ccc(S(=O)(=O)C2CCCC2)nc1. The van der Waals surface area contributed by atoms with Gasteiger partial charge in [0, 0.05) is 25.0 Å². The van der Waals surface area contributed by atoms with Gasteiger partial charge in [-0.2, -0.15) is 0 Å². The molecule has 2 fully saturated rings. The molecule has 1 aliphatic carbocycles. The summed E-state index contributed by atoms with van der Waals surface area (Å²) in [6, 6.07) is 3.06. The van der Waals surface area contributed by atoms with Crippen molar-refractivity contribution >= 4 is 15.8 Å². The van der Waals surface area contributed by atoms with Crippen molar-refractivity contribution in [3.8, 4) is 0 Å². The van der Waals surface area contributed by atoms with Crippen LogP contribution in [0.5, 0.6) is 0 Å². The summed E-state index contributed by atoms with van der Waals surface area (Å²) in [7, 11) is -2.12. The van der Waals surface area contributed by atoms with Crippen LogP contribution in [-0.4, -0.2) is 51.0 Å². The number of rotatable bonds is 6. The highest BCUT2D eigenvalue weighted by atomic mass is 32.2. The lowest BCUT2D eigenvalue weighted by atomic mass is 10.1. The van der Waals surface area contributed by atoms with Crippen molar-refractivity contribution < 1.29 is 27.4 Å². The first-order valence-corrected chi connectivity index (χ1v) is 10.6. The Morgan fingerprint density at radius 1 is 1.19 bits per heavy atom. The van der Waals surface area contributed by atoms with Gasteiger partial charge in [0.05, 0.1) is 18.5 Å². The maximum atomic E-state index is 12.6. The predicted octanol–water partition coefficient (Wildman–Crippen LogP) is 2.21. The highest BCUT2D eigenvalue weighted by molar-refractivity contribution is 7.92.